The molecular weight excluding hydrogens is 412 g/mol. The molecule has 0 aliphatic carbocycles. The lowest BCUT2D eigenvalue weighted by Gasteiger charge is -2.10. The molecule has 0 aliphatic rings. The fraction of sp³-hybridized carbons (Fsp3) is 0.261. The number of ether oxygens (including phenoxy) is 1. The second-order valence-corrected chi connectivity index (χ2v) is 8.99. The maximum absolute atomic E-state index is 5.98. The van der Waals surface area contributed by atoms with E-state index in [0.29, 0.717) is 6.61 Å². The van der Waals surface area contributed by atoms with E-state index in [0.717, 1.165) is 38.7 Å². The minimum Gasteiger partial charge on any atom is -0.485 e. The molecule has 2 heterocycles. The third kappa shape index (κ3) is 4.42. The molecule has 30 heavy (non-hydrogen) atoms. The molecule has 4 aromatic rings. The number of benzene rings is 2. The molecule has 0 unspecified atom stereocenters. The number of nitrogens with zero attached hydrogens (tertiary/aromatic N) is 4. The molecule has 0 saturated carbocycles. The average Bonchev–Trinajstić information content (AvgIpc) is 3.35. The van der Waals surface area contributed by atoms with Crippen molar-refractivity contribution in [3.63, 3.8) is 0 Å². The normalized spacial score (nSPS) is 11.1. The first kappa shape index (κ1) is 20.6. The topological polar surface area (TPSA) is 52.8 Å². The Labute approximate surface area is 185 Å². The highest BCUT2D eigenvalue weighted by atomic mass is 32.2. The van der Waals surface area contributed by atoms with Crippen LogP contribution in [0.1, 0.15) is 28.2 Å². The van der Waals surface area contributed by atoms with E-state index in [9.17, 15) is 0 Å². The van der Waals surface area contributed by atoms with Gasteiger partial charge in [-0.1, -0.05) is 48.2 Å². The number of hydrogen-bond donors (Lipinski definition) is 0. The van der Waals surface area contributed by atoms with Crippen LogP contribution in [0.3, 0.4) is 0 Å². The van der Waals surface area contributed by atoms with Crippen LogP contribution in [0, 0.1) is 20.8 Å². The van der Waals surface area contributed by atoms with Crippen LogP contribution in [0.15, 0.2) is 53.0 Å². The highest BCUT2D eigenvalue weighted by Crippen LogP contribution is 2.29. The second-order valence-electron chi connectivity index (χ2n) is 7.19. The monoisotopic (exact) mass is 436 g/mol. The first-order valence-electron chi connectivity index (χ1n) is 9.73. The molecule has 4 rings (SSSR count). The lowest BCUT2D eigenvalue weighted by Crippen LogP contribution is -2.05. The Kier molecular flexibility index (Phi) is 6.20. The van der Waals surface area contributed by atoms with Crippen molar-refractivity contribution in [1.82, 2.24) is 19.7 Å². The molecular formula is C23H24N4OS2. The van der Waals surface area contributed by atoms with E-state index in [1.54, 1.807) is 23.1 Å². The van der Waals surface area contributed by atoms with Gasteiger partial charge in [0.1, 0.15) is 17.4 Å². The number of aryl methyl sites for hydroxylation is 2. The summed E-state index contributed by atoms with van der Waals surface area (Å²) >= 11 is 3.32. The molecule has 2 aromatic carbocycles. The molecule has 0 fully saturated rings. The minimum atomic E-state index is 0.391. The summed E-state index contributed by atoms with van der Waals surface area (Å²) in [7, 11) is 1.98. The van der Waals surface area contributed by atoms with Gasteiger partial charge in [0.2, 0.25) is 0 Å². The summed E-state index contributed by atoms with van der Waals surface area (Å²) < 4.78 is 7.97. The first-order chi connectivity index (χ1) is 14.5. The maximum atomic E-state index is 5.98. The first-order valence-corrected chi connectivity index (χ1v) is 11.6. The van der Waals surface area contributed by atoms with Crippen molar-refractivity contribution < 1.29 is 4.74 Å². The summed E-state index contributed by atoms with van der Waals surface area (Å²) in [6, 6.07) is 14.4. The van der Waals surface area contributed by atoms with E-state index in [-0.39, 0.29) is 0 Å². The highest BCUT2D eigenvalue weighted by molar-refractivity contribution is 7.98. The summed E-state index contributed by atoms with van der Waals surface area (Å²) in [4.78, 5) is 4.80. The van der Waals surface area contributed by atoms with Crippen molar-refractivity contribution in [3.05, 3.63) is 76.1 Å². The fourth-order valence-corrected chi connectivity index (χ4v) is 4.91. The molecule has 0 spiro atoms. The summed E-state index contributed by atoms with van der Waals surface area (Å²) in [5.74, 6) is 2.45. The Bertz CT molecular complexity index is 1170. The van der Waals surface area contributed by atoms with Crippen LogP contribution in [0.5, 0.6) is 5.75 Å². The van der Waals surface area contributed by atoms with Gasteiger partial charge in [-0.2, -0.15) is 0 Å². The Balaban J connectivity index is 1.39. The molecule has 0 amide bonds. The molecule has 0 radical (unpaired) electrons. The van der Waals surface area contributed by atoms with Gasteiger partial charge < -0.3 is 9.30 Å². The predicted octanol–water partition coefficient (Wildman–Crippen LogP) is 5.74. The molecule has 7 heteroatoms. The SMILES string of the molecule is Cc1ccccc1-c1nc(CSc2nnc(COc3cccc(C)c3C)n2C)cs1. The van der Waals surface area contributed by atoms with Gasteiger partial charge in [0.25, 0.3) is 0 Å². The smallest absolute Gasteiger partial charge is 0.191 e. The van der Waals surface area contributed by atoms with Gasteiger partial charge in [0.05, 0.1) is 5.69 Å². The van der Waals surface area contributed by atoms with Crippen LogP contribution in [0.2, 0.25) is 0 Å². The van der Waals surface area contributed by atoms with Crippen molar-refractivity contribution in [2.75, 3.05) is 0 Å². The van der Waals surface area contributed by atoms with E-state index in [1.165, 1.54) is 16.7 Å². The van der Waals surface area contributed by atoms with Crippen LogP contribution >= 0.6 is 23.1 Å². The molecule has 2 aromatic heterocycles. The van der Waals surface area contributed by atoms with E-state index in [1.807, 2.05) is 23.7 Å². The molecule has 154 valence electrons. The van der Waals surface area contributed by atoms with Crippen molar-refractivity contribution in [1.29, 1.82) is 0 Å². The number of rotatable bonds is 7. The molecule has 0 saturated heterocycles. The lowest BCUT2D eigenvalue weighted by molar-refractivity contribution is 0.288. The van der Waals surface area contributed by atoms with Crippen LogP contribution in [0.25, 0.3) is 10.6 Å². The molecule has 0 N–H and O–H groups in total. The van der Waals surface area contributed by atoms with E-state index in [4.69, 9.17) is 9.72 Å². The predicted molar refractivity (Wildman–Crippen MR) is 123 cm³/mol. The second kappa shape index (κ2) is 9.02. The van der Waals surface area contributed by atoms with Gasteiger partial charge in [-0.15, -0.1) is 21.5 Å². The zero-order valence-electron chi connectivity index (χ0n) is 17.5. The summed E-state index contributed by atoms with van der Waals surface area (Å²) in [6.45, 7) is 6.67. The van der Waals surface area contributed by atoms with Crippen LogP contribution in [0.4, 0.5) is 0 Å². The van der Waals surface area contributed by atoms with Gasteiger partial charge >= 0.3 is 0 Å². The van der Waals surface area contributed by atoms with Crippen LogP contribution in [-0.2, 0) is 19.4 Å². The molecule has 0 aliphatic heterocycles. The van der Waals surface area contributed by atoms with Gasteiger partial charge in [0, 0.05) is 23.7 Å². The third-order valence-corrected chi connectivity index (χ3v) is 7.09. The molecule has 5 nitrogen and oxygen atoms in total. The average molecular weight is 437 g/mol. The summed E-state index contributed by atoms with van der Waals surface area (Å²) in [6.07, 6.45) is 0. The Morgan fingerprint density at radius 1 is 1.00 bits per heavy atom. The Morgan fingerprint density at radius 2 is 1.80 bits per heavy atom. The fourth-order valence-electron chi connectivity index (χ4n) is 3.07. The maximum Gasteiger partial charge on any atom is 0.191 e. The van der Waals surface area contributed by atoms with E-state index < -0.39 is 0 Å². The number of aromatic nitrogens is 4. The van der Waals surface area contributed by atoms with Crippen LogP contribution in [-0.4, -0.2) is 19.7 Å². The quantitative estimate of drug-likeness (QED) is 0.346. The number of thiazole rings is 1. The number of thioether (sulfide) groups is 1. The summed E-state index contributed by atoms with van der Waals surface area (Å²) in [5.41, 5.74) is 5.87. The largest absolute Gasteiger partial charge is 0.485 e. The van der Waals surface area contributed by atoms with Crippen molar-refractivity contribution in [2.24, 2.45) is 7.05 Å². The number of hydrogen-bond acceptors (Lipinski definition) is 6. The zero-order valence-corrected chi connectivity index (χ0v) is 19.2. The Hall–Kier alpha value is -2.64. The summed E-state index contributed by atoms with van der Waals surface area (Å²) in [5, 5.41) is 12.7. The van der Waals surface area contributed by atoms with Crippen molar-refractivity contribution in [3.8, 4) is 16.3 Å². The van der Waals surface area contributed by atoms with E-state index in [2.05, 4.69) is 66.7 Å². The Morgan fingerprint density at radius 3 is 2.63 bits per heavy atom. The standard InChI is InChI=1S/C23H24N4OS2/c1-15-9-7-11-20(17(15)3)28-12-21-25-26-23(27(21)4)30-14-18-13-29-22(24-18)19-10-6-5-8-16(19)2/h5-11,13H,12,14H2,1-4H3. The molecule has 0 atom stereocenters. The lowest BCUT2D eigenvalue weighted by atomic mass is 10.1. The minimum absolute atomic E-state index is 0.391. The van der Waals surface area contributed by atoms with Crippen LogP contribution < -0.4 is 4.74 Å². The van der Waals surface area contributed by atoms with Crippen molar-refractivity contribution >= 4 is 23.1 Å². The van der Waals surface area contributed by atoms with Gasteiger partial charge in [-0.25, -0.2) is 4.98 Å². The van der Waals surface area contributed by atoms with Gasteiger partial charge in [0.15, 0.2) is 11.0 Å². The van der Waals surface area contributed by atoms with Gasteiger partial charge in [-0.05, 0) is 43.5 Å². The zero-order chi connectivity index (χ0) is 21.1. The molecule has 0 bridgehead atoms. The van der Waals surface area contributed by atoms with Gasteiger partial charge in [-0.3, -0.25) is 0 Å². The van der Waals surface area contributed by atoms with E-state index >= 15 is 0 Å². The van der Waals surface area contributed by atoms with Crippen molar-refractivity contribution in [2.45, 2.75) is 38.3 Å². The highest BCUT2D eigenvalue weighted by Gasteiger charge is 2.13. The third-order valence-electron chi connectivity index (χ3n) is 5.11.